The normalized spacial score (nSPS) is 24.6. The molecule has 1 aromatic heterocycles. The first-order chi connectivity index (χ1) is 50.9. The zero-order valence-electron chi connectivity index (χ0n) is 62.9. The number of rotatable bonds is 31. The van der Waals surface area contributed by atoms with Crippen molar-refractivity contribution in [1.29, 1.82) is 0 Å². The number of aromatic nitrogens is 2. The van der Waals surface area contributed by atoms with Gasteiger partial charge in [-0.15, -0.1) is 9.42 Å². The van der Waals surface area contributed by atoms with Gasteiger partial charge in [-0.2, -0.15) is 4.98 Å². The van der Waals surface area contributed by atoms with E-state index in [0.29, 0.717) is 48.3 Å². The van der Waals surface area contributed by atoms with Gasteiger partial charge in [0.15, 0.2) is 18.4 Å². The predicted octanol–water partition coefficient (Wildman–Crippen LogP) is 4.20. The Bertz CT molecular complexity index is 3530. The van der Waals surface area contributed by atoms with Gasteiger partial charge in [-0.3, -0.25) is 38.9 Å². The van der Waals surface area contributed by atoms with Gasteiger partial charge < -0.3 is 85.1 Å². The highest BCUT2D eigenvalue weighted by atomic mass is 31.1. The number of alkyl carbamates (subject to hydrolysis) is 2. The van der Waals surface area contributed by atoms with Gasteiger partial charge in [-0.05, 0) is 101 Å². The van der Waals surface area contributed by atoms with E-state index in [1.807, 2.05) is 20.8 Å². The van der Waals surface area contributed by atoms with Gasteiger partial charge in [0.25, 0.3) is 5.91 Å². The van der Waals surface area contributed by atoms with E-state index >= 15 is 0 Å². The standard InChI is InChI=1S/C72H106N11O23P/c1-13-44(5)59-64(87)77-49(10)69(91)105-61(45(6)14-2)47(8)54(27-22-46(7)68(90)103-55(38-43(3)4)63(86)76-48(9)65(88)82(12)53(39-50-20-16-15-17-21-50)66(89)81(11)40-58(84)79-59)104-72(94)75-30-19-33-98-35-37-99-36-34-97-32-18-29-74-71(93)100-41-51-23-25-52(26-24-51)80-101-42-56-62(106-107(95)96)60(85)67(102-56)83-31-28-57(73)78-70(83)92/h14-17,20-26,28,31,43-44,47-49,53-56,59-62,67,80,85H,13,18-19,27,29-30,32-42H2,1-12H3,(H7-,73,74,75,76,77,78,79,84,86,87,92,93,94,95,96)/p+1/b45-14+,46-22+/t44?,47-,48-,49+,53+,54-,55+,56+,59?,60+,61+,62+,67+/m0/s1. The van der Waals surface area contributed by atoms with Crippen LogP contribution in [-0.4, -0.2) is 224 Å². The van der Waals surface area contributed by atoms with E-state index in [-0.39, 0.29) is 95.9 Å². The number of aliphatic hydroxyl groups excluding tert-OH is 1. The molecule has 2 aliphatic heterocycles. The Morgan fingerprint density at radius 3 is 2.05 bits per heavy atom. The fraction of sp³-hybridized carbons (Fsp3) is 0.597. The maximum atomic E-state index is 14.4. The van der Waals surface area contributed by atoms with Crippen LogP contribution in [0.2, 0.25) is 0 Å². The molecule has 2 aliphatic rings. The molecule has 0 spiro atoms. The summed E-state index contributed by atoms with van der Waals surface area (Å²) in [5.74, 6) is -6.61. The van der Waals surface area contributed by atoms with Gasteiger partial charge in [-0.1, -0.05) is 95.7 Å². The van der Waals surface area contributed by atoms with Crippen LogP contribution in [0.4, 0.5) is 21.1 Å². The Morgan fingerprint density at radius 1 is 0.813 bits per heavy atom. The molecule has 3 unspecified atom stereocenters. The summed E-state index contributed by atoms with van der Waals surface area (Å²) in [7, 11) is -0.343. The Labute approximate surface area is 624 Å². The minimum Gasteiger partial charge on any atom is -0.456 e. The molecule has 1 fully saturated rings. The van der Waals surface area contributed by atoms with Crippen molar-refractivity contribution in [2.45, 2.75) is 181 Å². The third kappa shape index (κ3) is 29.6. The van der Waals surface area contributed by atoms with E-state index in [4.69, 9.17) is 53.0 Å². The fourth-order valence-corrected chi connectivity index (χ4v) is 11.6. The van der Waals surface area contributed by atoms with Crippen LogP contribution < -0.4 is 43.5 Å². The molecule has 592 valence electrons. The maximum Gasteiger partial charge on any atom is 0.695 e. The minimum absolute atomic E-state index is 0.0358. The fourth-order valence-electron chi connectivity index (χ4n) is 11.2. The first kappa shape index (κ1) is 88.6. The van der Waals surface area contributed by atoms with Crippen LogP contribution in [-0.2, 0) is 98.4 Å². The Hall–Kier alpha value is -8.99. The first-order valence-electron chi connectivity index (χ1n) is 35.7. The summed E-state index contributed by atoms with van der Waals surface area (Å²) in [5, 5.41) is 24.3. The first-order valence-corrected chi connectivity index (χ1v) is 36.8. The lowest BCUT2D eigenvalue weighted by Gasteiger charge is -2.33. The number of hydrogen-bond acceptors (Lipinski definition) is 25. The van der Waals surface area contributed by atoms with Crippen molar-refractivity contribution in [2.24, 2.45) is 17.8 Å². The Morgan fingerprint density at radius 2 is 1.44 bits per heavy atom. The van der Waals surface area contributed by atoms with Gasteiger partial charge in [-0.25, -0.2) is 24.0 Å². The van der Waals surface area contributed by atoms with Crippen LogP contribution >= 0.6 is 8.25 Å². The second-order valence-electron chi connectivity index (χ2n) is 26.6. The second-order valence-corrected chi connectivity index (χ2v) is 27.3. The van der Waals surface area contributed by atoms with Crippen LogP contribution in [0.5, 0.6) is 0 Å². The molecule has 35 heteroatoms. The minimum atomic E-state index is -3.15. The molecule has 0 saturated carbocycles. The van der Waals surface area contributed by atoms with Crippen LogP contribution in [0, 0.1) is 17.8 Å². The summed E-state index contributed by atoms with van der Waals surface area (Å²) in [5.41, 5.74) is 9.89. The van der Waals surface area contributed by atoms with Crippen LogP contribution in [0.25, 0.3) is 0 Å². The number of likely N-dealkylation sites (N-methyl/N-ethyl adjacent to an activating group) is 2. The van der Waals surface area contributed by atoms with Crippen molar-refractivity contribution in [1.82, 2.24) is 45.9 Å². The summed E-state index contributed by atoms with van der Waals surface area (Å²) < 4.78 is 63.5. The van der Waals surface area contributed by atoms with Crippen LogP contribution in [0.15, 0.2) is 95.0 Å². The van der Waals surface area contributed by atoms with Gasteiger partial charge in [0.05, 0.1) is 38.7 Å². The summed E-state index contributed by atoms with van der Waals surface area (Å²) in [4.78, 5) is 158. The van der Waals surface area contributed by atoms with Gasteiger partial charge >= 0.3 is 38.1 Å². The zero-order chi connectivity index (χ0) is 78.9. The number of allylic oxidation sites excluding steroid dienone is 1. The quantitative estimate of drug-likeness (QED) is 0.0109. The molecule has 7 amide bonds. The number of benzene rings is 2. The smallest absolute Gasteiger partial charge is 0.456 e. The molecule has 3 aromatic rings. The zero-order valence-corrected chi connectivity index (χ0v) is 63.8. The lowest BCUT2D eigenvalue weighted by molar-refractivity contribution is -0.155. The number of cyclic esters (lactones) is 2. The molecular weight excluding hydrogens is 1420 g/mol. The summed E-state index contributed by atoms with van der Waals surface area (Å²) in [6, 6.07) is 12.1. The monoisotopic (exact) mass is 1520 g/mol. The molecule has 1 saturated heterocycles. The highest BCUT2D eigenvalue weighted by molar-refractivity contribution is 7.32. The number of anilines is 2. The number of nitrogens with one attached hydrogen (secondary N) is 6. The molecule has 0 bridgehead atoms. The van der Waals surface area contributed by atoms with Crippen molar-refractivity contribution >= 4 is 73.4 Å². The third-order valence-corrected chi connectivity index (χ3v) is 18.1. The number of carbonyl (C=O) groups excluding carboxylic acids is 9. The van der Waals surface area contributed by atoms with Gasteiger partial charge in [0.1, 0.15) is 67.6 Å². The van der Waals surface area contributed by atoms with Crippen LogP contribution in [0.1, 0.15) is 119 Å². The van der Waals surface area contributed by atoms with E-state index in [1.54, 1.807) is 88.4 Å². The molecule has 0 radical (unpaired) electrons. The molecular formula is C72H107N11O23P+. The van der Waals surface area contributed by atoms with Gasteiger partial charge in [0.2, 0.25) is 23.6 Å². The van der Waals surface area contributed by atoms with Crippen molar-refractivity contribution in [3.8, 4) is 0 Å². The number of aliphatic hydroxyl groups is 1. The number of nitrogens with zero attached hydrogens (tertiary/aromatic N) is 4. The molecule has 3 heterocycles. The molecule has 34 nitrogen and oxygen atoms in total. The lowest BCUT2D eigenvalue weighted by Crippen LogP contribution is -2.57. The largest absolute Gasteiger partial charge is 0.695 e. The summed E-state index contributed by atoms with van der Waals surface area (Å²) >= 11 is 0. The molecule has 10 N–H and O–H groups in total. The van der Waals surface area contributed by atoms with E-state index in [9.17, 15) is 62.5 Å². The summed E-state index contributed by atoms with van der Waals surface area (Å²) in [6.07, 6.45) is -4.48. The summed E-state index contributed by atoms with van der Waals surface area (Å²) in [6.45, 7) is 17.9. The number of carbonyl (C=O) groups is 9. The SMILES string of the molecule is C/C=C(\C)[C@H]1OC(=O)[C@@H](C)NC(=O)C(C(C)CC)NC(=O)CN(C)C(=O)[C@@H](Cc2ccccc2)N(C)C(=O)[C@H](C)NC(=O)[C@@H](CC(C)C)OC(=O)/C(C)=C/C[C@H](OC(=O)NCCCOCCOCCOCCCNC(=O)OCc2ccc(NOC[C@H]3O[C@@H](n4ccc(N)nc4=O)[C@H](O)[C@@H]3O[P+](=O)O)cc2)[C@@H]1C. The number of esters is 2. The molecule has 2 aromatic carbocycles. The van der Waals surface area contributed by atoms with Crippen molar-refractivity contribution in [3.05, 3.63) is 112 Å². The van der Waals surface area contributed by atoms with Crippen molar-refractivity contribution < 1.29 is 105 Å². The number of ether oxygens (including phenoxy) is 8. The Kier molecular flexibility index (Phi) is 37.8. The average molecular weight is 1530 g/mol. The third-order valence-electron chi connectivity index (χ3n) is 17.7. The number of amides is 7. The molecule has 107 heavy (non-hydrogen) atoms. The van der Waals surface area contributed by atoms with E-state index in [2.05, 4.69) is 37.0 Å². The maximum absolute atomic E-state index is 14.4. The van der Waals surface area contributed by atoms with E-state index in [0.717, 1.165) is 9.47 Å². The molecule has 5 rings (SSSR count). The van der Waals surface area contributed by atoms with Crippen LogP contribution in [0.3, 0.4) is 0 Å². The lowest BCUT2D eigenvalue weighted by atomic mass is 9.90. The van der Waals surface area contributed by atoms with E-state index in [1.165, 1.54) is 58.1 Å². The number of hydrogen-bond donors (Lipinski definition) is 9. The van der Waals surface area contributed by atoms with Crippen molar-refractivity contribution in [2.75, 3.05) is 91.2 Å². The Balaban J connectivity index is 1.08. The van der Waals surface area contributed by atoms with Crippen molar-refractivity contribution in [3.63, 3.8) is 0 Å². The highest BCUT2D eigenvalue weighted by Gasteiger charge is 2.51. The average Bonchev–Trinajstić information content (AvgIpc) is 1.66. The molecule has 14 atom stereocenters. The highest BCUT2D eigenvalue weighted by Crippen LogP contribution is 2.36. The van der Waals surface area contributed by atoms with E-state index < -0.39 is 153 Å². The number of nitrogens with two attached hydrogens (primary N) is 1. The topological polar surface area (TPSA) is 443 Å². The second kappa shape index (κ2) is 45.6. The molecule has 0 aliphatic carbocycles. The predicted molar refractivity (Wildman–Crippen MR) is 389 cm³/mol. The van der Waals surface area contributed by atoms with Gasteiger partial charge in [0, 0.05) is 75.5 Å². The number of nitrogen functional groups attached to an aromatic ring is 1.